The van der Waals surface area contributed by atoms with Gasteiger partial charge < -0.3 is 10.8 Å². The molecule has 15 heavy (non-hydrogen) atoms. The molecule has 3 N–H and O–H groups in total. The first-order chi connectivity index (χ1) is 6.93. The Bertz CT molecular complexity index is 451. The number of benzene rings is 1. The number of nitrogens with two attached hydrogens (primary N) is 1. The molecule has 0 aliphatic heterocycles. The summed E-state index contributed by atoms with van der Waals surface area (Å²) in [6.45, 7) is 1.23. The van der Waals surface area contributed by atoms with E-state index in [2.05, 4.69) is 0 Å². The quantitative estimate of drug-likeness (QED) is 0.712. The van der Waals surface area contributed by atoms with Gasteiger partial charge in [-0.2, -0.15) is 0 Å². The molecule has 78 valence electrons. The van der Waals surface area contributed by atoms with E-state index in [4.69, 9.17) is 10.8 Å². The number of primary amides is 1. The van der Waals surface area contributed by atoms with Crippen LogP contribution in [0.15, 0.2) is 18.2 Å². The summed E-state index contributed by atoms with van der Waals surface area (Å²) in [4.78, 5) is 32.7. The summed E-state index contributed by atoms with van der Waals surface area (Å²) >= 11 is 0. The molecule has 0 spiro atoms. The molecule has 0 unspecified atom stereocenters. The maximum absolute atomic E-state index is 11.1. The first-order valence-electron chi connectivity index (χ1n) is 4.11. The Kier molecular flexibility index (Phi) is 2.85. The summed E-state index contributed by atoms with van der Waals surface area (Å²) in [5, 5.41) is 8.78. The Morgan fingerprint density at radius 2 is 1.80 bits per heavy atom. The Morgan fingerprint density at radius 3 is 2.20 bits per heavy atom. The molecule has 0 heterocycles. The standard InChI is InChI=1S/C10H9NO4/c1-5(12)8-4-6(9(11)13)2-3-7(8)10(14)15/h2-4H,1H3,(H2,11,13)(H,14,15). The number of Topliss-reactive ketones (excluding diaryl/α,β-unsaturated/α-hetero) is 1. The fourth-order valence-corrected chi connectivity index (χ4v) is 1.18. The van der Waals surface area contributed by atoms with Crippen LogP contribution in [0.25, 0.3) is 0 Å². The van der Waals surface area contributed by atoms with E-state index in [9.17, 15) is 14.4 Å². The highest BCUT2D eigenvalue weighted by Gasteiger charge is 2.15. The summed E-state index contributed by atoms with van der Waals surface area (Å²) in [5.74, 6) is -2.33. The van der Waals surface area contributed by atoms with Gasteiger partial charge in [0.15, 0.2) is 5.78 Å². The molecular weight excluding hydrogens is 198 g/mol. The van der Waals surface area contributed by atoms with Crippen LogP contribution in [0.3, 0.4) is 0 Å². The summed E-state index contributed by atoms with van der Waals surface area (Å²) in [5.41, 5.74) is 4.98. The molecule has 0 aromatic heterocycles. The largest absolute Gasteiger partial charge is 0.478 e. The van der Waals surface area contributed by atoms with Gasteiger partial charge in [-0.25, -0.2) is 4.79 Å². The number of carboxylic acids is 1. The van der Waals surface area contributed by atoms with Crippen LogP contribution in [0.1, 0.15) is 38.0 Å². The van der Waals surface area contributed by atoms with E-state index in [1.165, 1.54) is 25.1 Å². The summed E-state index contributed by atoms with van der Waals surface area (Å²) < 4.78 is 0. The van der Waals surface area contributed by atoms with E-state index in [0.717, 1.165) is 0 Å². The molecule has 0 aliphatic carbocycles. The van der Waals surface area contributed by atoms with Crippen molar-refractivity contribution in [3.8, 4) is 0 Å². The maximum atomic E-state index is 11.1. The van der Waals surface area contributed by atoms with Crippen molar-refractivity contribution in [2.75, 3.05) is 0 Å². The molecule has 0 atom stereocenters. The minimum Gasteiger partial charge on any atom is -0.478 e. The maximum Gasteiger partial charge on any atom is 0.336 e. The first kappa shape index (κ1) is 10.9. The topological polar surface area (TPSA) is 97.5 Å². The minimum atomic E-state index is -1.21. The van der Waals surface area contributed by atoms with Gasteiger partial charge in [-0.15, -0.1) is 0 Å². The van der Waals surface area contributed by atoms with Crippen LogP contribution in [0.4, 0.5) is 0 Å². The zero-order chi connectivity index (χ0) is 11.6. The lowest BCUT2D eigenvalue weighted by Gasteiger charge is -2.03. The summed E-state index contributed by atoms with van der Waals surface area (Å²) in [6.07, 6.45) is 0. The SMILES string of the molecule is CC(=O)c1cc(C(N)=O)ccc1C(=O)O. The average molecular weight is 207 g/mol. The molecule has 0 saturated carbocycles. The Labute approximate surface area is 85.5 Å². The highest BCUT2D eigenvalue weighted by atomic mass is 16.4. The third kappa shape index (κ3) is 2.19. The number of carbonyl (C=O) groups excluding carboxylic acids is 2. The van der Waals surface area contributed by atoms with Crippen LogP contribution in [0, 0.1) is 0 Å². The van der Waals surface area contributed by atoms with Crippen molar-refractivity contribution < 1.29 is 19.5 Å². The molecular formula is C10H9NO4. The van der Waals surface area contributed by atoms with Crippen LogP contribution in [-0.4, -0.2) is 22.8 Å². The number of hydrogen-bond acceptors (Lipinski definition) is 3. The van der Waals surface area contributed by atoms with Gasteiger partial charge in [0.2, 0.25) is 5.91 Å². The van der Waals surface area contributed by atoms with Gasteiger partial charge in [0.25, 0.3) is 0 Å². The molecule has 0 fully saturated rings. The zero-order valence-corrected chi connectivity index (χ0v) is 7.98. The number of carbonyl (C=O) groups is 3. The number of hydrogen-bond donors (Lipinski definition) is 2. The molecule has 1 amide bonds. The van der Waals surface area contributed by atoms with Crippen LogP contribution in [0.2, 0.25) is 0 Å². The lowest BCUT2D eigenvalue weighted by atomic mass is 10.0. The number of carboxylic acid groups (broad SMARTS) is 1. The van der Waals surface area contributed by atoms with Gasteiger partial charge in [-0.05, 0) is 25.1 Å². The van der Waals surface area contributed by atoms with Crippen molar-refractivity contribution in [3.05, 3.63) is 34.9 Å². The molecule has 5 nitrogen and oxygen atoms in total. The lowest BCUT2D eigenvalue weighted by molar-refractivity contribution is 0.0691. The molecule has 0 aliphatic rings. The Hall–Kier alpha value is -2.17. The molecule has 1 aromatic carbocycles. The van der Waals surface area contributed by atoms with E-state index in [-0.39, 0.29) is 16.7 Å². The predicted octanol–water partition coefficient (Wildman–Crippen LogP) is 0.686. The molecule has 0 saturated heterocycles. The lowest BCUT2D eigenvalue weighted by Crippen LogP contribution is -2.14. The Balaban J connectivity index is 3.40. The average Bonchev–Trinajstić information content (AvgIpc) is 2.16. The number of aromatic carboxylic acids is 1. The van der Waals surface area contributed by atoms with Crippen LogP contribution in [-0.2, 0) is 0 Å². The normalized spacial score (nSPS) is 9.67. The van der Waals surface area contributed by atoms with Gasteiger partial charge in [-0.3, -0.25) is 9.59 Å². The van der Waals surface area contributed by atoms with E-state index >= 15 is 0 Å². The van der Waals surface area contributed by atoms with E-state index < -0.39 is 17.7 Å². The van der Waals surface area contributed by atoms with Crippen molar-refractivity contribution in [1.29, 1.82) is 0 Å². The zero-order valence-electron chi connectivity index (χ0n) is 7.98. The Morgan fingerprint density at radius 1 is 1.20 bits per heavy atom. The number of ketones is 1. The molecule has 0 radical (unpaired) electrons. The van der Waals surface area contributed by atoms with E-state index in [1.807, 2.05) is 0 Å². The number of amides is 1. The predicted molar refractivity (Wildman–Crippen MR) is 51.9 cm³/mol. The van der Waals surface area contributed by atoms with Gasteiger partial charge >= 0.3 is 5.97 Å². The second kappa shape index (κ2) is 3.91. The van der Waals surface area contributed by atoms with Crippen molar-refractivity contribution in [1.82, 2.24) is 0 Å². The smallest absolute Gasteiger partial charge is 0.336 e. The number of rotatable bonds is 3. The third-order valence-electron chi connectivity index (χ3n) is 1.91. The van der Waals surface area contributed by atoms with E-state index in [0.29, 0.717) is 0 Å². The molecule has 5 heteroatoms. The highest BCUT2D eigenvalue weighted by Crippen LogP contribution is 2.12. The van der Waals surface area contributed by atoms with Crippen molar-refractivity contribution in [2.24, 2.45) is 5.73 Å². The molecule has 1 aromatic rings. The van der Waals surface area contributed by atoms with Gasteiger partial charge in [0.05, 0.1) is 5.56 Å². The molecule has 1 rings (SSSR count). The fourth-order valence-electron chi connectivity index (χ4n) is 1.18. The van der Waals surface area contributed by atoms with Gasteiger partial charge in [-0.1, -0.05) is 0 Å². The fraction of sp³-hybridized carbons (Fsp3) is 0.100. The molecule has 0 bridgehead atoms. The highest BCUT2D eigenvalue weighted by molar-refractivity contribution is 6.06. The van der Waals surface area contributed by atoms with Crippen LogP contribution >= 0.6 is 0 Å². The van der Waals surface area contributed by atoms with Crippen molar-refractivity contribution >= 4 is 17.7 Å². The van der Waals surface area contributed by atoms with Crippen molar-refractivity contribution in [2.45, 2.75) is 6.92 Å². The summed E-state index contributed by atoms with van der Waals surface area (Å²) in [7, 11) is 0. The second-order valence-corrected chi connectivity index (χ2v) is 2.99. The third-order valence-corrected chi connectivity index (χ3v) is 1.91. The first-order valence-corrected chi connectivity index (χ1v) is 4.11. The second-order valence-electron chi connectivity index (χ2n) is 2.99. The van der Waals surface area contributed by atoms with E-state index in [1.54, 1.807) is 0 Å². The van der Waals surface area contributed by atoms with Crippen LogP contribution < -0.4 is 5.73 Å². The monoisotopic (exact) mass is 207 g/mol. The summed E-state index contributed by atoms with van der Waals surface area (Å²) in [6, 6.07) is 3.66. The van der Waals surface area contributed by atoms with Gasteiger partial charge in [0, 0.05) is 11.1 Å². The van der Waals surface area contributed by atoms with Crippen molar-refractivity contribution in [3.63, 3.8) is 0 Å². The minimum absolute atomic E-state index is 0.0150. The van der Waals surface area contributed by atoms with Gasteiger partial charge in [0.1, 0.15) is 0 Å². The van der Waals surface area contributed by atoms with Crippen LogP contribution in [0.5, 0.6) is 0 Å².